The van der Waals surface area contributed by atoms with Gasteiger partial charge in [0.2, 0.25) is 5.91 Å². The number of amidine groups is 1. The molecule has 0 spiro atoms. The van der Waals surface area contributed by atoms with E-state index in [1.54, 1.807) is 4.90 Å². The predicted octanol–water partition coefficient (Wildman–Crippen LogP) is 7.29. The molecule has 1 amide bonds. The third-order valence-corrected chi connectivity index (χ3v) is 7.85. The van der Waals surface area contributed by atoms with Gasteiger partial charge in [-0.2, -0.15) is 4.99 Å². The van der Waals surface area contributed by atoms with E-state index in [9.17, 15) is 18.0 Å². The van der Waals surface area contributed by atoms with Gasteiger partial charge in [-0.25, -0.2) is 9.67 Å². The van der Waals surface area contributed by atoms with E-state index in [0.717, 1.165) is 27.9 Å². The zero-order valence-corrected chi connectivity index (χ0v) is 26.2. The Hall–Kier alpha value is -4.49. The number of carbonyl (C=O) groups is 1. The summed E-state index contributed by atoms with van der Waals surface area (Å²) < 4.78 is 42.6. The number of aryl methyl sites for hydroxylation is 1. The number of aliphatic imine (C=N–C) groups is 1. The summed E-state index contributed by atoms with van der Waals surface area (Å²) in [5.41, 5.74) is 5.26. The summed E-state index contributed by atoms with van der Waals surface area (Å²) >= 11 is 6.83. The highest BCUT2D eigenvalue weighted by Gasteiger charge is 2.32. The standard InChI is InChI=1S/C32H29F3N6O2S2/c1-20(2)26-15-6-21(3)17-27(26)41-28(42)18-45-31(41)38-30(44)36-16-4-5-22-7-9-23(10-8-22)29-37-19-40(39-29)24-11-13-25(14-12-24)43-32(33,34)35/h4-15,17,19-20H,16,18H2,1-3H3,(H,36,44)/b5-4+,38-31-. The molecule has 0 radical (unpaired) electrons. The van der Waals surface area contributed by atoms with E-state index in [-0.39, 0.29) is 17.6 Å². The second kappa shape index (κ2) is 13.7. The maximum atomic E-state index is 12.8. The molecule has 13 heteroatoms. The molecule has 5 rings (SSSR count). The number of thiocarbonyl (C=S) groups is 1. The van der Waals surface area contributed by atoms with Crippen LogP contribution in [-0.2, 0) is 4.79 Å². The van der Waals surface area contributed by atoms with E-state index in [4.69, 9.17) is 12.2 Å². The van der Waals surface area contributed by atoms with E-state index < -0.39 is 6.36 Å². The number of rotatable bonds is 8. The lowest BCUT2D eigenvalue weighted by molar-refractivity contribution is -0.274. The Morgan fingerprint density at radius 1 is 1.13 bits per heavy atom. The second-order valence-corrected chi connectivity index (χ2v) is 11.7. The Labute approximate surface area is 268 Å². The highest BCUT2D eigenvalue weighted by atomic mass is 32.2. The first-order valence-electron chi connectivity index (χ1n) is 13.9. The molecule has 1 saturated heterocycles. The molecule has 2 heterocycles. The molecular formula is C32H29F3N6O2S2. The minimum Gasteiger partial charge on any atom is -0.406 e. The summed E-state index contributed by atoms with van der Waals surface area (Å²) in [5.74, 6) is 0.694. The molecular weight excluding hydrogens is 622 g/mol. The van der Waals surface area contributed by atoms with Crippen LogP contribution in [0.25, 0.3) is 23.2 Å². The highest BCUT2D eigenvalue weighted by molar-refractivity contribution is 8.15. The molecule has 1 fully saturated rings. The molecule has 3 aromatic carbocycles. The summed E-state index contributed by atoms with van der Waals surface area (Å²) in [5, 5.41) is 8.39. The first-order valence-corrected chi connectivity index (χ1v) is 15.3. The number of hydrogen-bond donors (Lipinski definition) is 1. The van der Waals surface area contributed by atoms with Crippen molar-refractivity contribution in [2.75, 3.05) is 17.2 Å². The van der Waals surface area contributed by atoms with E-state index in [0.29, 0.717) is 34.1 Å². The maximum Gasteiger partial charge on any atom is 0.573 e. The topological polar surface area (TPSA) is 84.6 Å². The SMILES string of the molecule is Cc1ccc(C(C)C)c(N2C(=O)CS/C2=N\C(=S)NC/C=C/c2ccc(-c3ncn(-c4ccc(OC(F)(F)F)cc4)n3)cc2)c1. The van der Waals surface area contributed by atoms with Gasteiger partial charge in [-0.15, -0.1) is 18.3 Å². The fraction of sp³-hybridized carbons (Fsp3) is 0.219. The zero-order valence-electron chi connectivity index (χ0n) is 24.6. The molecule has 1 aliphatic heterocycles. The number of hydrogen-bond acceptors (Lipinski definition) is 6. The van der Waals surface area contributed by atoms with Gasteiger partial charge in [-0.1, -0.05) is 74.2 Å². The number of ether oxygens (including phenoxy) is 1. The van der Waals surface area contributed by atoms with E-state index in [2.05, 4.69) is 45.0 Å². The van der Waals surface area contributed by atoms with Gasteiger partial charge in [0, 0.05) is 12.1 Å². The number of aromatic nitrogens is 3. The van der Waals surface area contributed by atoms with Gasteiger partial charge in [-0.05, 0) is 72.1 Å². The summed E-state index contributed by atoms with van der Waals surface area (Å²) in [7, 11) is 0. The average molecular weight is 651 g/mol. The molecule has 1 N–H and O–H groups in total. The van der Waals surface area contributed by atoms with Crippen LogP contribution in [0.4, 0.5) is 18.9 Å². The lowest BCUT2D eigenvalue weighted by Gasteiger charge is -2.22. The molecule has 232 valence electrons. The van der Waals surface area contributed by atoms with Crippen molar-refractivity contribution >= 4 is 51.9 Å². The number of halogens is 3. The number of alkyl halides is 3. The van der Waals surface area contributed by atoms with Gasteiger partial charge in [0.15, 0.2) is 16.1 Å². The molecule has 0 atom stereocenters. The normalized spacial score (nSPS) is 14.6. The van der Waals surface area contributed by atoms with Crippen LogP contribution >= 0.6 is 24.0 Å². The molecule has 0 bridgehead atoms. The van der Waals surface area contributed by atoms with Crippen molar-refractivity contribution in [2.24, 2.45) is 4.99 Å². The monoisotopic (exact) mass is 650 g/mol. The van der Waals surface area contributed by atoms with Crippen molar-refractivity contribution in [2.45, 2.75) is 33.1 Å². The van der Waals surface area contributed by atoms with Crippen LogP contribution < -0.4 is 15.0 Å². The predicted molar refractivity (Wildman–Crippen MR) is 176 cm³/mol. The number of amides is 1. The minimum atomic E-state index is -4.75. The number of benzene rings is 3. The molecule has 0 aliphatic carbocycles. The lowest BCUT2D eigenvalue weighted by atomic mass is 9.99. The quantitative estimate of drug-likeness (QED) is 0.201. The molecule has 8 nitrogen and oxygen atoms in total. The number of anilines is 1. The van der Waals surface area contributed by atoms with Crippen molar-refractivity contribution in [3.8, 4) is 22.8 Å². The van der Waals surface area contributed by atoms with Crippen LogP contribution in [0.5, 0.6) is 5.75 Å². The number of nitrogens with one attached hydrogen (secondary N) is 1. The first-order chi connectivity index (χ1) is 21.5. The van der Waals surface area contributed by atoms with Gasteiger partial charge < -0.3 is 10.1 Å². The maximum absolute atomic E-state index is 12.8. The minimum absolute atomic E-state index is 0.0204. The van der Waals surface area contributed by atoms with Crippen LogP contribution in [0.2, 0.25) is 0 Å². The Bertz CT molecular complexity index is 1750. The third kappa shape index (κ3) is 8.17. The molecule has 1 aliphatic rings. The van der Waals surface area contributed by atoms with Gasteiger partial charge in [0.1, 0.15) is 12.1 Å². The van der Waals surface area contributed by atoms with Crippen molar-refractivity contribution in [3.63, 3.8) is 0 Å². The fourth-order valence-corrected chi connectivity index (χ4v) is 5.64. The van der Waals surface area contributed by atoms with Gasteiger partial charge in [0.25, 0.3) is 0 Å². The van der Waals surface area contributed by atoms with Gasteiger partial charge in [0.05, 0.1) is 17.1 Å². The van der Waals surface area contributed by atoms with Crippen LogP contribution in [0, 0.1) is 6.92 Å². The summed E-state index contributed by atoms with van der Waals surface area (Å²) in [6.07, 6.45) is 0.596. The number of nitrogens with zero attached hydrogens (tertiary/aromatic N) is 5. The first kappa shape index (κ1) is 31.9. The fourth-order valence-electron chi connectivity index (χ4n) is 4.55. The molecule has 45 heavy (non-hydrogen) atoms. The Morgan fingerprint density at radius 3 is 2.56 bits per heavy atom. The molecule has 0 saturated carbocycles. The van der Waals surface area contributed by atoms with Crippen molar-refractivity contribution < 1.29 is 22.7 Å². The van der Waals surface area contributed by atoms with Crippen molar-refractivity contribution in [3.05, 3.63) is 95.8 Å². The number of carbonyl (C=O) groups excluding carboxylic acids is 1. The van der Waals surface area contributed by atoms with Crippen LogP contribution in [0.1, 0.15) is 36.5 Å². The lowest BCUT2D eigenvalue weighted by Crippen LogP contribution is -2.32. The summed E-state index contributed by atoms with van der Waals surface area (Å²) in [6, 6.07) is 19.1. The summed E-state index contributed by atoms with van der Waals surface area (Å²) in [6.45, 7) is 6.64. The van der Waals surface area contributed by atoms with Gasteiger partial charge in [-0.3, -0.25) is 9.69 Å². The molecule has 4 aromatic rings. The Kier molecular flexibility index (Phi) is 9.68. The zero-order chi connectivity index (χ0) is 32.1. The van der Waals surface area contributed by atoms with Gasteiger partial charge >= 0.3 is 6.36 Å². The molecule has 0 unspecified atom stereocenters. The highest BCUT2D eigenvalue weighted by Crippen LogP contribution is 2.34. The third-order valence-electron chi connectivity index (χ3n) is 6.69. The average Bonchev–Trinajstić information content (AvgIpc) is 3.62. The van der Waals surface area contributed by atoms with Crippen LogP contribution in [0.3, 0.4) is 0 Å². The largest absolute Gasteiger partial charge is 0.573 e. The Morgan fingerprint density at radius 2 is 1.87 bits per heavy atom. The number of thioether (sulfide) groups is 1. The second-order valence-electron chi connectivity index (χ2n) is 10.4. The van der Waals surface area contributed by atoms with Crippen LogP contribution in [-0.4, -0.2) is 49.6 Å². The van der Waals surface area contributed by atoms with Crippen LogP contribution in [0.15, 0.2) is 84.1 Å². The van der Waals surface area contributed by atoms with Crippen molar-refractivity contribution in [1.82, 2.24) is 20.1 Å². The van der Waals surface area contributed by atoms with E-state index >= 15 is 0 Å². The van der Waals surface area contributed by atoms with E-state index in [1.165, 1.54) is 47.0 Å². The molecule has 1 aromatic heterocycles. The Balaban J connectivity index is 1.17. The van der Waals surface area contributed by atoms with Crippen molar-refractivity contribution in [1.29, 1.82) is 0 Å². The van der Waals surface area contributed by atoms with E-state index in [1.807, 2.05) is 55.5 Å². The summed E-state index contributed by atoms with van der Waals surface area (Å²) in [4.78, 5) is 23.3. The smallest absolute Gasteiger partial charge is 0.406 e.